The van der Waals surface area contributed by atoms with Crippen molar-refractivity contribution in [1.29, 1.82) is 0 Å². The molecule has 2 unspecified atom stereocenters. The fourth-order valence-corrected chi connectivity index (χ4v) is 2.90. The van der Waals surface area contributed by atoms with Gasteiger partial charge < -0.3 is 10.2 Å². The Balaban J connectivity index is 2.00. The van der Waals surface area contributed by atoms with E-state index in [9.17, 15) is 4.79 Å². The fourth-order valence-electron chi connectivity index (χ4n) is 2.90. The molecule has 2 atom stereocenters. The number of nitrogens with one attached hydrogen (secondary N) is 1. The molecular weight excluding hydrogens is 176 g/mol. The largest absolute Gasteiger partial charge is 0.340 e. The summed E-state index contributed by atoms with van der Waals surface area (Å²) in [6, 6.07) is 2.15. The number of carbonyl (C=O) groups is 1. The molecule has 2 aliphatic heterocycles. The Morgan fingerprint density at radius 2 is 1.86 bits per heavy atom. The molecule has 2 heterocycles. The molecule has 3 nitrogen and oxygen atoms in total. The monoisotopic (exact) mass is 196 g/mol. The third-order valence-corrected chi connectivity index (χ3v) is 3.59. The van der Waals surface area contributed by atoms with Crippen molar-refractivity contribution >= 4 is 6.41 Å². The summed E-state index contributed by atoms with van der Waals surface area (Å²) in [6.07, 6.45) is 5.92. The summed E-state index contributed by atoms with van der Waals surface area (Å²) in [5, 5.41) is 3.60. The first-order valence-corrected chi connectivity index (χ1v) is 5.69. The van der Waals surface area contributed by atoms with Crippen LogP contribution in [0.2, 0.25) is 0 Å². The summed E-state index contributed by atoms with van der Waals surface area (Å²) < 4.78 is 0. The number of nitrogens with zero attached hydrogens (tertiary/aromatic N) is 1. The van der Waals surface area contributed by atoms with E-state index in [1.165, 1.54) is 12.8 Å². The molecule has 0 spiro atoms. The summed E-state index contributed by atoms with van der Waals surface area (Å²) in [6.45, 7) is 4.19. The molecule has 2 saturated heterocycles. The SMILES string of the molecule is CC(C)N(C=O)C1CC2CCC(C1)N2. The average molecular weight is 196 g/mol. The average Bonchev–Trinajstić information content (AvgIpc) is 2.46. The fraction of sp³-hybridized carbons (Fsp3) is 0.909. The van der Waals surface area contributed by atoms with Gasteiger partial charge >= 0.3 is 0 Å². The van der Waals surface area contributed by atoms with Crippen molar-refractivity contribution in [1.82, 2.24) is 10.2 Å². The van der Waals surface area contributed by atoms with Crippen molar-refractivity contribution in [2.45, 2.75) is 63.7 Å². The molecule has 2 bridgehead atoms. The van der Waals surface area contributed by atoms with Gasteiger partial charge in [0.1, 0.15) is 0 Å². The maximum absolute atomic E-state index is 11.0. The molecule has 0 aliphatic carbocycles. The van der Waals surface area contributed by atoms with E-state index in [0.717, 1.165) is 19.3 Å². The first kappa shape index (κ1) is 9.97. The highest BCUT2D eigenvalue weighted by Crippen LogP contribution is 2.29. The molecule has 14 heavy (non-hydrogen) atoms. The van der Waals surface area contributed by atoms with Crippen molar-refractivity contribution in [2.24, 2.45) is 0 Å². The van der Waals surface area contributed by atoms with Gasteiger partial charge in [0, 0.05) is 24.2 Å². The molecule has 2 fully saturated rings. The van der Waals surface area contributed by atoms with E-state index in [4.69, 9.17) is 0 Å². The van der Waals surface area contributed by atoms with E-state index in [0.29, 0.717) is 24.2 Å². The third-order valence-electron chi connectivity index (χ3n) is 3.59. The number of amides is 1. The summed E-state index contributed by atoms with van der Waals surface area (Å²) in [4.78, 5) is 13.0. The topological polar surface area (TPSA) is 32.3 Å². The molecule has 2 aliphatic rings. The normalized spacial score (nSPS) is 36.1. The van der Waals surface area contributed by atoms with Crippen molar-refractivity contribution in [3.63, 3.8) is 0 Å². The van der Waals surface area contributed by atoms with Gasteiger partial charge in [-0.3, -0.25) is 4.79 Å². The second-order valence-corrected chi connectivity index (χ2v) is 4.91. The second kappa shape index (κ2) is 3.89. The van der Waals surface area contributed by atoms with Crippen LogP contribution in [0.3, 0.4) is 0 Å². The number of rotatable bonds is 3. The molecule has 0 aromatic heterocycles. The molecular formula is C11H20N2O. The minimum Gasteiger partial charge on any atom is -0.340 e. The number of piperidine rings is 1. The zero-order valence-electron chi connectivity index (χ0n) is 9.07. The number of fused-ring (bicyclic) bond motifs is 2. The summed E-state index contributed by atoms with van der Waals surface area (Å²) in [5.74, 6) is 0. The molecule has 1 N–H and O–H groups in total. The lowest BCUT2D eigenvalue weighted by molar-refractivity contribution is -0.122. The molecule has 3 heteroatoms. The maximum atomic E-state index is 11.0. The number of hydrogen-bond donors (Lipinski definition) is 1. The smallest absolute Gasteiger partial charge is 0.210 e. The van der Waals surface area contributed by atoms with Gasteiger partial charge in [-0.1, -0.05) is 0 Å². The molecule has 1 amide bonds. The Hall–Kier alpha value is -0.570. The maximum Gasteiger partial charge on any atom is 0.210 e. The van der Waals surface area contributed by atoms with Crippen LogP contribution in [-0.4, -0.2) is 35.5 Å². The van der Waals surface area contributed by atoms with Gasteiger partial charge in [-0.05, 0) is 39.5 Å². The highest BCUT2D eigenvalue weighted by atomic mass is 16.1. The summed E-state index contributed by atoms with van der Waals surface area (Å²) in [5.41, 5.74) is 0. The van der Waals surface area contributed by atoms with Crippen molar-refractivity contribution in [3.8, 4) is 0 Å². The molecule has 2 rings (SSSR count). The van der Waals surface area contributed by atoms with Crippen LogP contribution in [0.25, 0.3) is 0 Å². The Bertz CT molecular complexity index is 205. The Kier molecular flexibility index (Phi) is 2.77. The van der Waals surface area contributed by atoms with E-state index in [-0.39, 0.29) is 0 Å². The van der Waals surface area contributed by atoms with Gasteiger partial charge in [0.05, 0.1) is 0 Å². The molecule has 0 radical (unpaired) electrons. The quantitative estimate of drug-likeness (QED) is 0.686. The molecule has 0 aromatic rings. The number of hydrogen-bond acceptors (Lipinski definition) is 2. The first-order valence-electron chi connectivity index (χ1n) is 5.69. The van der Waals surface area contributed by atoms with Crippen LogP contribution < -0.4 is 5.32 Å². The lowest BCUT2D eigenvalue weighted by Crippen LogP contribution is -2.49. The highest BCUT2D eigenvalue weighted by Gasteiger charge is 2.36. The molecule has 0 aromatic carbocycles. The Morgan fingerprint density at radius 3 is 2.29 bits per heavy atom. The molecule has 80 valence electrons. The molecule has 0 saturated carbocycles. The van der Waals surface area contributed by atoms with Crippen LogP contribution >= 0.6 is 0 Å². The van der Waals surface area contributed by atoms with Gasteiger partial charge in [0.15, 0.2) is 0 Å². The van der Waals surface area contributed by atoms with Crippen LogP contribution in [0, 0.1) is 0 Å². The summed E-state index contributed by atoms with van der Waals surface area (Å²) >= 11 is 0. The third kappa shape index (κ3) is 1.78. The predicted molar refractivity (Wildman–Crippen MR) is 56.0 cm³/mol. The minimum atomic E-state index is 0.343. The van der Waals surface area contributed by atoms with Crippen LogP contribution in [0.1, 0.15) is 39.5 Å². The van der Waals surface area contributed by atoms with Gasteiger partial charge in [0.2, 0.25) is 6.41 Å². The van der Waals surface area contributed by atoms with Crippen LogP contribution in [0.4, 0.5) is 0 Å². The zero-order chi connectivity index (χ0) is 10.1. The van der Waals surface area contributed by atoms with Gasteiger partial charge in [-0.25, -0.2) is 0 Å². The van der Waals surface area contributed by atoms with Crippen LogP contribution in [0.5, 0.6) is 0 Å². The second-order valence-electron chi connectivity index (χ2n) is 4.91. The van der Waals surface area contributed by atoms with E-state index in [2.05, 4.69) is 19.2 Å². The number of carbonyl (C=O) groups excluding carboxylic acids is 1. The van der Waals surface area contributed by atoms with Gasteiger partial charge in [0.25, 0.3) is 0 Å². The predicted octanol–water partition coefficient (Wildman–Crippen LogP) is 1.14. The Labute approximate surface area is 85.8 Å². The van der Waals surface area contributed by atoms with Gasteiger partial charge in [-0.2, -0.15) is 0 Å². The lowest BCUT2D eigenvalue weighted by atomic mass is 9.97. The Morgan fingerprint density at radius 1 is 1.29 bits per heavy atom. The lowest BCUT2D eigenvalue weighted by Gasteiger charge is -2.37. The summed E-state index contributed by atoms with van der Waals surface area (Å²) in [7, 11) is 0. The highest BCUT2D eigenvalue weighted by molar-refractivity contribution is 5.48. The van der Waals surface area contributed by atoms with Crippen molar-refractivity contribution < 1.29 is 4.79 Å². The van der Waals surface area contributed by atoms with Gasteiger partial charge in [-0.15, -0.1) is 0 Å². The van der Waals surface area contributed by atoms with Crippen LogP contribution in [-0.2, 0) is 4.79 Å². The van der Waals surface area contributed by atoms with Crippen molar-refractivity contribution in [3.05, 3.63) is 0 Å². The van der Waals surface area contributed by atoms with E-state index < -0.39 is 0 Å². The van der Waals surface area contributed by atoms with Crippen LogP contribution in [0.15, 0.2) is 0 Å². The van der Waals surface area contributed by atoms with E-state index in [1.807, 2.05) is 4.90 Å². The van der Waals surface area contributed by atoms with Crippen molar-refractivity contribution in [2.75, 3.05) is 0 Å². The zero-order valence-corrected chi connectivity index (χ0v) is 9.07. The standard InChI is InChI=1S/C11H20N2O/c1-8(2)13(7-14)11-5-9-3-4-10(6-11)12-9/h7-12H,3-6H2,1-2H3. The van der Waals surface area contributed by atoms with E-state index >= 15 is 0 Å². The van der Waals surface area contributed by atoms with E-state index in [1.54, 1.807) is 0 Å². The first-order chi connectivity index (χ1) is 6.70. The minimum absolute atomic E-state index is 0.343.